The van der Waals surface area contributed by atoms with Crippen LogP contribution in [0.1, 0.15) is 24.3 Å². The van der Waals surface area contributed by atoms with E-state index in [1.54, 1.807) is 47.3 Å². The highest BCUT2D eigenvalue weighted by molar-refractivity contribution is 6.30. The lowest BCUT2D eigenvalue weighted by Gasteiger charge is -2.16. The van der Waals surface area contributed by atoms with Crippen LogP contribution in [0.5, 0.6) is 11.5 Å². The smallest absolute Gasteiger partial charge is 0.276 e. The average molecular weight is 370 g/mol. The minimum absolute atomic E-state index is 0.294. The largest absolute Gasteiger partial charge is 0.449 e. The lowest BCUT2D eigenvalue weighted by Crippen LogP contribution is -2.29. The van der Waals surface area contributed by atoms with E-state index < -0.39 is 5.79 Å². The number of ether oxygens (including phenoxy) is 2. The Balaban J connectivity index is 1.51. The molecule has 0 unspecified atom stereocenters. The number of fused-ring (bicyclic) bond motifs is 1. The van der Waals surface area contributed by atoms with Crippen LogP contribution in [0.15, 0.2) is 54.7 Å². The Morgan fingerprint density at radius 1 is 1.12 bits per heavy atom. The lowest BCUT2D eigenvalue weighted by atomic mass is 10.2. The molecular formula is C19H16ClN3O3. The minimum atomic E-state index is -0.708. The summed E-state index contributed by atoms with van der Waals surface area (Å²) >= 11 is 6.00. The lowest BCUT2D eigenvalue weighted by molar-refractivity contribution is -0.0431. The molecule has 2 heterocycles. The summed E-state index contributed by atoms with van der Waals surface area (Å²) in [5, 5.41) is 7.72. The topological polar surface area (TPSA) is 65.4 Å². The molecule has 3 aromatic rings. The number of hydrogen-bond donors (Lipinski definition) is 1. The summed E-state index contributed by atoms with van der Waals surface area (Å²) in [6.07, 6.45) is 1.71. The molecular weight excluding hydrogens is 354 g/mol. The summed E-state index contributed by atoms with van der Waals surface area (Å²) in [6.45, 7) is 3.65. The van der Waals surface area contributed by atoms with Crippen LogP contribution in [0.25, 0.3) is 5.69 Å². The summed E-state index contributed by atoms with van der Waals surface area (Å²) in [6, 6.07) is 14.1. The molecule has 0 aliphatic carbocycles. The van der Waals surface area contributed by atoms with Gasteiger partial charge in [0.05, 0.1) is 5.69 Å². The fourth-order valence-corrected chi connectivity index (χ4v) is 2.89. The number of carbonyl (C=O) groups is 1. The van der Waals surface area contributed by atoms with Gasteiger partial charge in [0, 0.05) is 36.8 Å². The van der Waals surface area contributed by atoms with E-state index in [0.717, 1.165) is 5.69 Å². The Morgan fingerprint density at radius 2 is 1.92 bits per heavy atom. The first kappa shape index (κ1) is 16.5. The maximum Gasteiger partial charge on any atom is 0.276 e. The van der Waals surface area contributed by atoms with Crippen molar-refractivity contribution in [1.82, 2.24) is 9.78 Å². The third kappa shape index (κ3) is 3.23. The van der Waals surface area contributed by atoms with E-state index in [1.807, 2.05) is 26.0 Å². The van der Waals surface area contributed by atoms with Gasteiger partial charge in [-0.25, -0.2) is 4.68 Å². The summed E-state index contributed by atoms with van der Waals surface area (Å²) in [7, 11) is 0. The van der Waals surface area contributed by atoms with Gasteiger partial charge in [-0.1, -0.05) is 17.7 Å². The van der Waals surface area contributed by atoms with Crippen LogP contribution in [0, 0.1) is 0 Å². The highest BCUT2D eigenvalue weighted by atomic mass is 35.5. The number of rotatable bonds is 3. The molecule has 0 saturated heterocycles. The van der Waals surface area contributed by atoms with E-state index in [0.29, 0.717) is 27.9 Å². The second-order valence-corrected chi connectivity index (χ2v) is 6.78. The standard InChI is InChI=1S/C19H16ClN3O3/c1-19(2)25-16-7-6-13(11-17(16)26-19)21-18(24)15-8-9-23(22-15)14-5-3-4-12(20)10-14/h3-11H,1-2H3,(H,21,24). The Bertz CT molecular complexity index is 997. The Kier molecular flexibility index (Phi) is 3.85. The predicted molar refractivity (Wildman–Crippen MR) is 98.3 cm³/mol. The maximum absolute atomic E-state index is 12.5. The minimum Gasteiger partial charge on any atom is -0.449 e. The van der Waals surface area contributed by atoms with Gasteiger partial charge >= 0.3 is 0 Å². The van der Waals surface area contributed by atoms with E-state index in [1.165, 1.54) is 0 Å². The number of aromatic nitrogens is 2. The average Bonchev–Trinajstić information content (AvgIpc) is 3.17. The molecule has 0 radical (unpaired) electrons. The SMILES string of the molecule is CC1(C)Oc2ccc(NC(=O)c3ccn(-c4cccc(Cl)c4)n3)cc2O1. The van der Waals surface area contributed by atoms with Crippen molar-refractivity contribution in [2.24, 2.45) is 0 Å². The maximum atomic E-state index is 12.5. The molecule has 26 heavy (non-hydrogen) atoms. The second-order valence-electron chi connectivity index (χ2n) is 6.35. The van der Waals surface area contributed by atoms with Gasteiger partial charge in [-0.05, 0) is 36.4 Å². The molecule has 1 aliphatic heterocycles. The van der Waals surface area contributed by atoms with Crippen LogP contribution in [0.3, 0.4) is 0 Å². The van der Waals surface area contributed by atoms with Gasteiger partial charge in [0.15, 0.2) is 17.2 Å². The molecule has 1 N–H and O–H groups in total. The molecule has 4 rings (SSSR count). The Morgan fingerprint density at radius 3 is 2.73 bits per heavy atom. The molecule has 0 fully saturated rings. The second kappa shape index (κ2) is 6.07. The monoisotopic (exact) mass is 369 g/mol. The summed E-state index contributed by atoms with van der Waals surface area (Å²) in [5.41, 5.74) is 1.68. The molecule has 132 valence electrons. The number of nitrogens with zero attached hydrogens (tertiary/aromatic N) is 2. The van der Waals surface area contributed by atoms with Crippen LogP contribution in [0.4, 0.5) is 5.69 Å². The Labute approximate surface area is 155 Å². The van der Waals surface area contributed by atoms with E-state index in [9.17, 15) is 4.79 Å². The first-order valence-electron chi connectivity index (χ1n) is 8.05. The molecule has 0 spiro atoms. The quantitative estimate of drug-likeness (QED) is 0.748. The summed E-state index contributed by atoms with van der Waals surface area (Å²) < 4.78 is 12.9. The van der Waals surface area contributed by atoms with Gasteiger partial charge < -0.3 is 14.8 Å². The van der Waals surface area contributed by atoms with E-state index in [2.05, 4.69) is 10.4 Å². The van der Waals surface area contributed by atoms with Crippen LogP contribution in [-0.4, -0.2) is 21.5 Å². The fraction of sp³-hybridized carbons (Fsp3) is 0.158. The zero-order valence-corrected chi connectivity index (χ0v) is 14.9. The van der Waals surface area contributed by atoms with Crippen molar-refractivity contribution < 1.29 is 14.3 Å². The van der Waals surface area contributed by atoms with Gasteiger partial charge in [0.1, 0.15) is 0 Å². The number of amides is 1. The number of carbonyl (C=O) groups excluding carboxylic acids is 1. The molecule has 2 aromatic carbocycles. The number of hydrogen-bond acceptors (Lipinski definition) is 4. The number of halogens is 1. The molecule has 1 aromatic heterocycles. The first-order valence-corrected chi connectivity index (χ1v) is 8.42. The van der Waals surface area contributed by atoms with Gasteiger partial charge in [0.25, 0.3) is 5.91 Å². The zero-order chi connectivity index (χ0) is 18.3. The molecule has 0 bridgehead atoms. The first-order chi connectivity index (χ1) is 12.4. The fourth-order valence-electron chi connectivity index (χ4n) is 2.70. The van der Waals surface area contributed by atoms with Crippen LogP contribution in [-0.2, 0) is 0 Å². The van der Waals surface area contributed by atoms with E-state index in [-0.39, 0.29) is 5.91 Å². The van der Waals surface area contributed by atoms with Gasteiger partial charge in [-0.2, -0.15) is 5.10 Å². The van der Waals surface area contributed by atoms with Crippen molar-refractivity contribution in [2.75, 3.05) is 5.32 Å². The summed E-state index contributed by atoms with van der Waals surface area (Å²) in [5.74, 6) is 0.222. The number of benzene rings is 2. The number of anilines is 1. The highest BCUT2D eigenvalue weighted by Crippen LogP contribution is 2.40. The molecule has 1 amide bonds. The third-order valence-corrected chi connectivity index (χ3v) is 4.04. The molecule has 0 saturated carbocycles. The summed E-state index contributed by atoms with van der Waals surface area (Å²) in [4.78, 5) is 12.5. The normalized spacial score (nSPS) is 14.3. The van der Waals surface area contributed by atoms with Gasteiger partial charge in [-0.15, -0.1) is 0 Å². The van der Waals surface area contributed by atoms with Crippen molar-refractivity contribution in [3.63, 3.8) is 0 Å². The highest BCUT2D eigenvalue weighted by Gasteiger charge is 2.31. The van der Waals surface area contributed by atoms with Gasteiger partial charge in [0.2, 0.25) is 5.79 Å². The third-order valence-electron chi connectivity index (χ3n) is 3.81. The predicted octanol–water partition coefficient (Wildman–Crippen LogP) is 4.29. The van der Waals surface area contributed by atoms with Crippen molar-refractivity contribution in [3.8, 4) is 17.2 Å². The Hall–Kier alpha value is -2.99. The van der Waals surface area contributed by atoms with Crippen LogP contribution >= 0.6 is 11.6 Å². The van der Waals surface area contributed by atoms with E-state index in [4.69, 9.17) is 21.1 Å². The van der Waals surface area contributed by atoms with Crippen LogP contribution in [0.2, 0.25) is 5.02 Å². The number of nitrogens with one attached hydrogen (secondary N) is 1. The van der Waals surface area contributed by atoms with Crippen molar-refractivity contribution >= 4 is 23.2 Å². The van der Waals surface area contributed by atoms with E-state index >= 15 is 0 Å². The van der Waals surface area contributed by atoms with Gasteiger partial charge in [-0.3, -0.25) is 4.79 Å². The van der Waals surface area contributed by atoms with Crippen molar-refractivity contribution in [3.05, 3.63) is 65.4 Å². The molecule has 0 atom stereocenters. The zero-order valence-electron chi connectivity index (χ0n) is 14.2. The van der Waals surface area contributed by atoms with Crippen molar-refractivity contribution in [1.29, 1.82) is 0 Å². The van der Waals surface area contributed by atoms with Crippen molar-refractivity contribution in [2.45, 2.75) is 19.6 Å². The van der Waals surface area contributed by atoms with Crippen LogP contribution < -0.4 is 14.8 Å². The molecule has 7 heteroatoms. The molecule has 1 aliphatic rings. The molecule has 6 nitrogen and oxygen atoms in total.